The Morgan fingerprint density at radius 2 is 1.90 bits per heavy atom. The Morgan fingerprint density at radius 3 is 2.38 bits per heavy atom. The molecule has 0 aliphatic carbocycles. The summed E-state index contributed by atoms with van der Waals surface area (Å²) in [5.41, 5.74) is 0.450. The molecule has 0 fully saturated rings. The van der Waals surface area contributed by atoms with E-state index < -0.39 is 41.4 Å². The third-order valence-corrected chi connectivity index (χ3v) is 3.73. The summed E-state index contributed by atoms with van der Waals surface area (Å²) in [5.74, 6) is -4.52. The maximum atomic E-state index is 13.3. The van der Waals surface area contributed by atoms with Gasteiger partial charge in [-0.25, -0.2) is 8.78 Å². The van der Waals surface area contributed by atoms with Gasteiger partial charge in [-0.2, -0.15) is 12.6 Å². The predicted octanol–water partition coefficient (Wildman–Crippen LogP) is 2.20. The van der Waals surface area contributed by atoms with E-state index in [1.807, 2.05) is 0 Å². The van der Waals surface area contributed by atoms with Crippen molar-refractivity contribution in [3.05, 3.63) is 35.4 Å². The summed E-state index contributed by atoms with van der Waals surface area (Å²) in [5, 5.41) is 11.1. The van der Waals surface area contributed by atoms with E-state index >= 15 is 0 Å². The zero-order valence-corrected chi connectivity index (χ0v) is 12.5. The zero-order valence-electron chi connectivity index (χ0n) is 11.6. The number of rotatable bonds is 6. The Kier molecular flexibility index (Phi) is 6.14. The number of carboxylic acids is 1. The minimum absolute atomic E-state index is 0.151. The Labute approximate surface area is 127 Å². The van der Waals surface area contributed by atoms with Gasteiger partial charge in [0.15, 0.2) is 11.6 Å². The van der Waals surface area contributed by atoms with Crippen LogP contribution in [0.25, 0.3) is 0 Å². The number of carbonyl (C=O) groups is 2. The van der Waals surface area contributed by atoms with Gasteiger partial charge in [-0.05, 0) is 30.5 Å². The van der Waals surface area contributed by atoms with Crippen LogP contribution < -0.4 is 5.32 Å². The first kappa shape index (κ1) is 17.4. The molecule has 1 rings (SSSR count). The molecule has 0 heterocycles. The molecular weight excluding hydrogens is 300 g/mol. The summed E-state index contributed by atoms with van der Waals surface area (Å²) in [4.78, 5) is 22.8. The topological polar surface area (TPSA) is 66.4 Å². The average molecular weight is 317 g/mol. The molecule has 116 valence electrons. The van der Waals surface area contributed by atoms with Crippen molar-refractivity contribution in [2.24, 2.45) is 5.92 Å². The number of hydrogen-bond donors (Lipinski definition) is 3. The first-order chi connectivity index (χ1) is 9.77. The zero-order chi connectivity index (χ0) is 16.2. The number of thiol groups is 1. The van der Waals surface area contributed by atoms with Gasteiger partial charge in [0.2, 0.25) is 5.91 Å². The maximum Gasteiger partial charge on any atom is 0.325 e. The third kappa shape index (κ3) is 4.42. The summed E-state index contributed by atoms with van der Waals surface area (Å²) in [7, 11) is 0. The van der Waals surface area contributed by atoms with Crippen molar-refractivity contribution in [1.29, 1.82) is 0 Å². The number of aliphatic carboxylic acids is 1. The lowest BCUT2D eigenvalue weighted by molar-refractivity contribution is -0.141. The van der Waals surface area contributed by atoms with E-state index in [-0.39, 0.29) is 5.75 Å². The van der Waals surface area contributed by atoms with E-state index in [9.17, 15) is 18.4 Å². The van der Waals surface area contributed by atoms with Gasteiger partial charge >= 0.3 is 5.97 Å². The first-order valence-electron chi connectivity index (χ1n) is 6.37. The SMILES string of the molecule is CC(NC(=O)C(CS)C(C)c1ccc(F)c(F)c1)C(=O)O. The summed E-state index contributed by atoms with van der Waals surface area (Å²) in [6, 6.07) is 2.39. The highest BCUT2D eigenvalue weighted by Gasteiger charge is 2.27. The fraction of sp³-hybridized carbons (Fsp3) is 0.429. The van der Waals surface area contributed by atoms with E-state index in [2.05, 4.69) is 17.9 Å². The number of benzene rings is 1. The lowest BCUT2D eigenvalue weighted by atomic mass is 9.88. The molecule has 1 aromatic rings. The van der Waals surface area contributed by atoms with E-state index in [1.165, 1.54) is 13.0 Å². The fourth-order valence-electron chi connectivity index (χ4n) is 1.88. The summed E-state index contributed by atoms with van der Waals surface area (Å²) in [6.07, 6.45) is 0. The highest BCUT2D eigenvalue weighted by molar-refractivity contribution is 7.80. The molecule has 0 saturated carbocycles. The van der Waals surface area contributed by atoms with Gasteiger partial charge in [0.25, 0.3) is 0 Å². The standard InChI is InChI=1S/C14H17F2NO3S/c1-7(9-3-4-11(15)12(16)5-9)10(6-21)13(18)17-8(2)14(19)20/h3-5,7-8,10,21H,6H2,1-2H3,(H,17,18)(H,19,20). The van der Waals surface area contributed by atoms with E-state index in [0.29, 0.717) is 5.56 Å². The van der Waals surface area contributed by atoms with Gasteiger partial charge in [0, 0.05) is 5.75 Å². The van der Waals surface area contributed by atoms with Crippen molar-refractivity contribution in [1.82, 2.24) is 5.32 Å². The maximum absolute atomic E-state index is 13.3. The van der Waals surface area contributed by atoms with E-state index in [1.54, 1.807) is 6.92 Å². The number of nitrogens with one attached hydrogen (secondary N) is 1. The van der Waals surface area contributed by atoms with E-state index in [0.717, 1.165) is 12.1 Å². The lowest BCUT2D eigenvalue weighted by Gasteiger charge is -2.23. The van der Waals surface area contributed by atoms with Gasteiger partial charge in [-0.3, -0.25) is 9.59 Å². The van der Waals surface area contributed by atoms with E-state index in [4.69, 9.17) is 5.11 Å². The van der Waals surface area contributed by atoms with Crippen molar-refractivity contribution < 1.29 is 23.5 Å². The molecule has 0 saturated heterocycles. The second-order valence-electron chi connectivity index (χ2n) is 4.82. The highest BCUT2D eigenvalue weighted by atomic mass is 32.1. The number of amides is 1. The van der Waals surface area contributed by atoms with Crippen molar-refractivity contribution in [2.75, 3.05) is 5.75 Å². The first-order valence-corrected chi connectivity index (χ1v) is 7.00. The van der Waals surface area contributed by atoms with Crippen molar-refractivity contribution in [3.8, 4) is 0 Å². The molecule has 3 atom stereocenters. The molecule has 21 heavy (non-hydrogen) atoms. The molecule has 4 nitrogen and oxygen atoms in total. The fourth-order valence-corrected chi connectivity index (χ4v) is 2.36. The molecule has 0 bridgehead atoms. The van der Waals surface area contributed by atoms with Crippen molar-refractivity contribution in [3.63, 3.8) is 0 Å². The second-order valence-corrected chi connectivity index (χ2v) is 5.18. The summed E-state index contributed by atoms with van der Waals surface area (Å²) < 4.78 is 26.2. The molecule has 0 aliphatic rings. The largest absolute Gasteiger partial charge is 0.480 e. The molecule has 0 spiro atoms. The third-order valence-electron chi connectivity index (χ3n) is 3.34. The van der Waals surface area contributed by atoms with Crippen molar-refractivity contribution >= 4 is 24.5 Å². The number of carbonyl (C=O) groups excluding carboxylic acids is 1. The normalized spacial score (nSPS) is 15.1. The Balaban J connectivity index is 2.90. The van der Waals surface area contributed by atoms with Gasteiger partial charge in [0.1, 0.15) is 6.04 Å². The predicted molar refractivity (Wildman–Crippen MR) is 77.4 cm³/mol. The molecule has 0 aromatic heterocycles. The van der Waals surface area contributed by atoms with Gasteiger partial charge < -0.3 is 10.4 Å². The Morgan fingerprint density at radius 1 is 1.29 bits per heavy atom. The summed E-state index contributed by atoms with van der Waals surface area (Å²) in [6.45, 7) is 3.02. The van der Waals surface area contributed by atoms with Crippen LogP contribution in [0.1, 0.15) is 25.3 Å². The molecular formula is C14H17F2NO3S. The van der Waals surface area contributed by atoms with Crippen LogP contribution >= 0.6 is 12.6 Å². The van der Waals surface area contributed by atoms with Crippen LogP contribution in [0.4, 0.5) is 8.78 Å². The van der Waals surface area contributed by atoms with Crippen LogP contribution in [0.2, 0.25) is 0 Å². The van der Waals surface area contributed by atoms with Crippen LogP contribution in [0.5, 0.6) is 0 Å². The van der Waals surface area contributed by atoms with Crippen LogP contribution in [0.15, 0.2) is 18.2 Å². The van der Waals surface area contributed by atoms with Crippen LogP contribution in [0, 0.1) is 17.6 Å². The molecule has 2 N–H and O–H groups in total. The molecule has 0 aliphatic heterocycles. The lowest BCUT2D eigenvalue weighted by Crippen LogP contribution is -2.43. The molecule has 1 aromatic carbocycles. The second kappa shape index (κ2) is 7.40. The monoisotopic (exact) mass is 317 g/mol. The molecule has 3 unspecified atom stereocenters. The number of hydrogen-bond acceptors (Lipinski definition) is 3. The number of carboxylic acid groups (broad SMARTS) is 1. The van der Waals surface area contributed by atoms with Gasteiger partial charge in [-0.1, -0.05) is 13.0 Å². The van der Waals surface area contributed by atoms with Crippen LogP contribution in [-0.2, 0) is 9.59 Å². The molecule has 7 heteroatoms. The quantitative estimate of drug-likeness (QED) is 0.705. The van der Waals surface area contributed by atoms with Crippen molar-refractivity contribution in [2.45, 2.75) is 25.8 Å². The van der Waals surface area contributed by atoms with Crippen LogP contribution in [-0.4, -0.2) is 28.8 Å². The average Bonchev–Trinajstić information content (AvgIpc) is 2.42. The number of halogens is 2. The minimum Gasteiger partial charge on any atom is -0.480 e. The Bertz CT molecular complexity index is 539. The highest BCUT2D eigenvalue weighted by Crippen LogP contribution is 2.27. The van der Waals surface area contributed by atoms with Gasteiger partial charge in [-0.15, -0.1) is 0 Å². The summed E-state index contributed by atoms with van der Waals surface area (Å²) >= 11 is 4.09. The molecule has 1 amide bonds. The van der Waals surface area contributed by atoms with Crippen LogP contribution in [0.3, 0.4) is 0 Å². The minimum atomic E-state index is -1.15. The van der Waals surface area contributed by atoms with Gasteiger partial charge in [0.05, 0.1) is 5.92 Å². The Hall–Kier alpha value is -1.63. The molecule has 0 radical (unpaired) electrons. The smallest absolute Gasteiger partial charge is 0.325 e.